The van der Waals surface area contributed by atoms with E-state index in [-0.39, 0.29) is 35.3 Å². The second kappa shape index (κ2) is 19.9. The molecule has 6 heteroatoms. The summed E-state index contributed by atoms with van der Waals surface area (Å²) >= 11 is 0. The van der Waals surface area contributed by atoms with Crippen LogP contribution < -0.4 is 5.73 Å². The normalized spacial score (nSPS) is 10.4. The van der Waals surface area contributed by atoms with Crippen molar-refractivity contribution in [3.8, 4) is 0 Å². The maximum absolute atomic E-state index is 9.56. The molecule has 0 unspecified atom stereocenters. The first kappa shape index (κ1) is 25.8. The van der Waals surface area contributed by atoms with E-state index >= 15 is 0 Å². The Morgan fingerprint density at radius 2 is 1.10 bits per heavy atom. The van der Waals surface area contributed by atoms with Crippen LogP contribution in [0.4, 0.5) is 0 Å². The summed E-state index contributed by atoms with van der Waals surface area (Å²) in [5.41, 5.74) is 5.42. The Kier molecular flexibility index (Phi) is 25.6. The van der Waals surface area contributed by atoms with Gasteiger partial charge in [0.1, 0.15) is 0 Å². The molecule has 0 bridgehead atoms. The van der Waals surface area contributed by atoms with Gasteiger partial charge in [-0.05, 0) is 19.9 Å². The first-order chi connectivity index (χ1) is 8.97. The van der Waals surface area contributed by atoms with Gasteiger partial charge in [0.05, 0.1) is 5.75 Å². The third-order valence-corrected chi connectivity index (χ3v) is 3.65. The van der Waals surface area contributed by atoms with E-state index in [1.165, 1.54) is 71.1 Å². The van der Waals surface area contributed by atoms with Gasteiger partial charge in [-0.1, -0.05) is 64.7 Å². The zero-order valence-electron chi connectivity index (χ0n) is 12.7. The molecular formula is C14H34NNaO3S. The Balaban J connectivity index is -0.000000352. The van der Waals surface area contributed by atoms with E-state index in [1.54, 1.807) is 0 Å². The monoisotopic (exact) mass is 319 g/mol. The second-order valence-corrected chi connectivity index (χ2v) is 6.58. The van der Waals surface area contributed by atoms with Gasteiger partial charge in [-0.3, -0.25) is 4.55 Å². The van der Waals surface area contributed by atoms with Crippen molar-refractivity contribution in [2.75, 3.05) is 12.3 Å². The molecule has 120 valence electrons. The van der Waals surface area contributed by atoms with E-state index in [9.17, 15) is 8.42 Å². The fraction of sp³-hybridized carbons (Fsp3) is 1.00. The van der Waals surface area contributed by atoms with Gasteiger partial charge in [0.2, 0.25) is 0 Å². The van der Waals surface area contributed by atoms with E-state index < -0.39 is 10.1 Å². The fourth-order valence-electron chi connectivity index (χ4n) is 1.63. The van der Waals surface area contributed by atoms with Gasteiger partial charge in [-0.25, -0.2) is 0 Å². The summed E-state index contributed by atoms with van der Waals surface area (Å²) in [6.07, 6.45) is 13.9. The molecule has 0 aromatic heterocycles. The Hall–Kier alpha value is 0.870. The fourth-order valence-corrected chi connectivity index (χ4v) is 1.63. The quantitative estimate of drug-likeness (QED) is 0.348. The van der Waals surface area contributed by atoms with Crippen LogP contribution in [0.25, 0.3) is 0 Å². The van der Waals surface area contributed by atoms with E-state index in [0.29, 0.717) is 0 Å². The predicted octanol–water partition coefficient (Wildman–Crippen LogP) is 3.11. The van der Waals surface area contributed by atoms with Crippen LogP contribution >= 0.6 is 0 Å². The van der Waals surface area contributed by atoms with Crippen LogP contribution in [0, 0.1) is 0 Å². The number of hydrogen-bond acceptors (Lipinski definition) is 3. The Bertz CT molecular complexity index is 249. The maximum atomic E-state index is 9.56. The van der Waals surface area contributed by atoms with Gasteiger partial charge in [0.25, 0.3) is 10.1 Å². The second-order valence-electron chi connectivity index (χ2n) is 4.84. The van der Waals surface area contributed by atoms with Crippen LogP contribution in [0.3, 0.4) is 0 Å². The molecule has 0 aromatic rings. The van der Waals surface area contributed by atoms with Crippen LogP contribution in [0.15, 0.2) is 0 Å². The molecule has 0 aliphatic rings. The summed E-state index contributed by atoms with van der Waals surface area (Å²) in [5, 5.41) is 0. The summed E-state index contributed by atoms with van der Waals surface area (Å²) in [5.74, 6) is -0.201. The van der Waals surface area contributed by atoms with Crippen LogP contribution in [-0.2, 0) is 10.1 Å². The molecular weight excluding hydrogens is 285 g/mol. The summed E-state index contributed by atoms with van der Waals surface area (Å²) in [6.45, 7) is 4.51. The van der Waals surface area contributed by atoms with E-state index in [0.717, 1.165) is 6.54 Å². The van der Waals surface area contributed by atoms with Crippen molar-refractivity contribution in [1.29, 1.82) is 0 Å². The molecule has 0 saturated carbocycles. The number of hydrogen-bond donors (Lipinski definition) is 2. The molecule has 0 saturated heterocycles. The van der Waals surface area contributed by atoms with Crippen molar-refractivity contribution in [3.05, 3.63) is 0 Å². The minimum atomic E-state index is -3.66. The van der Waals surface area contributed by atoms with Crippen molar-refractivity contribution in [2.45, 2.75) is 78.1 Å². The third kappa shape index (κ3) is 31.3. The Morgan fingerprint density at radius 3 is 1.35 bits per heavy atom. The van der Waals surface area contributed by atoms with Crippen molar-refractivity contribution < 1.29 is 13.0 Å². The van der Waals surface area contributed by atoms with E-state index in [2.05, 4.69) is 6.92 Å². The molecule has 0 atom stereocenters. The molecule has 0 aliphatic carbocycles. The molecule has 0 aliphatic heterocycles. The zero-order chi connectivity index (χ0) is 15.0. The molecule has 4 nitrogen and oxygen atoms in total. The van der Waals surface area contributed by atoms with Gasteiger partial charge in [0, 0.05) is 0 Å². The third-order valence-electron chi connectivity index (χ3n) is 2.92. The van der Waals surface area contributed by atoms with Crippen molar-refractivity contribution >= 4 is 39.7 Å². The molecule has 0 spiro atoms. The number of nitrogens with two attached hydrogens (primary N) is 1. The van der Waals surface area contributed by atoms with Gasteiger partial charge < -0.3 is 5.73 Å². The first-order valence-corrected chi connectivity index (χ1v) is 9.24. The van der Waals surface area contributed by atoms with Gasteiger partial charge in [0.15, 0.2) is 0 Å². The van der Waals surface area contributed by atoms with E-state index in [4.69, 9.17) is 10.3 Å². The summed E-state index contributed by atoms with van der Waals surface area (Å²) < 4.78 is 26.9. The topological polar surface area (TPSA) is 80.4 Å². The molecule has 0 heterocycles. The van der Waals surface area contributed by atoms with Crippen molar-refractivity contribution in [1.82, 2.24) is 0 Å². The van der Waals surface area contributed by atoms with E-state index in [1.807, 2.05) is 0 Å². The van der Waals surface area contributed by atoms with Crippen LogP contribution in [0.2, 0.25) is 0 Å². The Morgan fingerprint density at radius 1 is 0.800 bits per heavy atom. The summed E-state index contributed by atoms with van der Waals surface area (Å²) in [4.78, 5) is 0. The average Bonchev–Trinajstić information content (AvgIpc) is 2.37. The molecule has 0 aromatic carbocycles. The van der Waals surface area contributed by atoms with Gasteiger partial charge >= 0.3 is 29.6 Å². The van der Waals surface area contributed by atoms with Crippen molar-refractivity contribution in [3.63, 3.8) is 0 Å². The molecule has 0 radical (unpaired) electrons. The molecule has 20 heavy (non-hydrogen) atoms. The van der Waals surface area contributed by atoms with Crippen LogP contribution in [-0.4, -0.2) is 54.8 Å². The molecule has 0 fully saturated rings. The molecule has 0 amide bonds. The SMILES string of the molecule is CCCCCCCCCCCCN.CCS(=O)(=O)O.[NaH]. The zero-order valence-corrected chi connectivity index (χ0v) is 13.6. The van der Waals surface area contributed by atoms with Crippen molar-refractivity contribution in [2.24, 2.45) is 5.73 Å². The number of rotatable bonds is 11. The number of unbranched alkanes of at least 4 members (excludes halogenated alkanes) is 9. The van der Waals surface area contributed by atoms with Gasteiger partial charge in [-0.2, -0.15) is 8.42 Å². The molecule has 3 N–H and O–H groups in total. The summed E-state index contributed by atoms with van der Waals surface area (Å²) in [7, 11) is -3.66. The van der Waals surface area contributed by atoms with Crippen LogP contribution in [0.1, 0.15) is 78.1 Å². The standard InChI is InChI=1S/C12H27N.C2H6O3S.Na.H/c1-2-3-4-5-6-7-8-9-10-11-12-13;1-2-6(3,4)5;;/h2-13H2,1H3;2H2,1H3,(H,3,4,5);;. The Labute approximate surface area is 148 Å². The first-order valence-electron chi connectivity index (χ1n) is 7.63. The van der Waals surface area contributed by atoms with Gasteiger partial charge in [-0.15, -0.1) is 0 Å². The molecule has 0 rings (SSSR count). The van der Waals surface area contributed by atoms with Crippen LogP contribution in [0.5, 0.6) is 0 Å². The average molecular weight is 319 g/mol. The minimum absolute atomic E-state index is 0. The summed E-state index contributed by atoms with van der Waals surface area (Å²) in [6, 6.07) is 0. The predicted molar refractivity (Wildman–Crippen MR) is 90.1 cm³/mol.